The van der Waals surface area contributed by atoms with Crippen LogP contribution in [0.15, 0.2) is 21.5 Å². The van der Waals surface area contributed by atoms with Crippen LogP contribution in [-0.2, 0) is 11.3 Å². The fourth-order valence-electron chi connectivity index (χ4n) is 2.80. The molecule has 1 atom stereocenters. The Balaban J connectivity index is 2.11. The van der Waals surface area contributed by atoms with Crippen molar-refractivity contribution in [3.63, 3.8) is 0 Å². The van der Waals surface area contributed by atoms with Gasteiger partial charge in [-0.2, -0.15) is 0 Å². The molecule has 2 heterocycles. The van der Waals surface area contributed by atoms with Gasteiger partial charge in [-0.3, -0.25) is 14.5 Å². The number of piperidine rings is 1. The second-order valence-electron chi connectivity index (χ2n) is 7.00. The quantitative estimate of drug-likeness (QED) is 0.917. The zero-order valence-corrected chi connectivity index (χ0v) is 14.3. The third-order valence-electron chi connectivity index (χ3n) is 3.85. The first-order chi connectivity index (χ1) is 10.8. The van der Waals surface area contributed by atoms with Crippen LogP contribution in [0.25, 0.3) is 0 Å². The number of likely N-dealkylation sites (tertiary alicyclic amines) is 1. The molecule has 1 N–H and O–H groups in total. The fourth-order valence-corrected chi connectivity index (χ4v) is 2.80. The van der Waals surface area contributed by atoms with Gasteiger partial charge in [0.25, 0.3) is 0 Å². The SMILES string of the molecule is COc1coc(CN2CCCC[C@H]2C(=O)NC(C)(C)C)cc1=O. The van der Waals surface area contributed by atoms with Crippen LogP contribution in [0.5, 0.6) is 5.75 Å². The van der Waals surface area contributed by atoms with Crippen molar-refractivity contribution in [2.45, 2.75) is 58.2 Å². The maximum Gasteiger partial charge on any atom is 0.237 e. The largest absolute Gasteiger partial charge is 0.490 e. The number of hydrogen-bond acceptors (Lipinski definition) is 5. The van der Waals surface area contributed by atoms with Crippen molar-refractivity contribution in [3.05, 3.63) is 28.3 Å². The molecule has 1 aliphatic rings. The number of nitrogens with one attached hydrogen (secondary N) is 1. The Kier molecular flexibility index (Phi) is 5.46. The van der Waals surface area contributed by atoms with Crippen LogP contribution < -0.4 is 15.5 Å². The van der Waals surface area contributed by atoms with E-state index in [9.17, 15) is 9.59 Å². The minimum Gasteiger partial charge on any atom is -0.490 e. The highest BCUT2D eigenvalue weighted by Crippen LogP contribution is 2.21. The van der Waals surface area contributed by atoms with E-state index in [0.717, 1.165) is 25.8 Å². The van der Waals surface area contributed by atoms with Gasteiger partial charge in [-0.05, 0) is 40.2 Å². The summed E-state index contributed by atoms with van der Waals surface area (Å²) in [7, 11) is 1.43. The number of rotatable bonds is 4. The average molecular weight is 322 g/mol. The van der Waals surface area contributed by atoms with Crippen LogP contribution in [0.4, 0.5) is 0 Å². The van der Waals surface area contributed by atoms with Crippen LogP contribution in [-0.4, -0.2) is 36.0 Å². The third-order valence-corrected chi connectivity index (χ3v) is 3.85. The molecule has 0 aliphatic carbocycles. The lowest BCUT2D eigenvalue weighted by Gasteiger charge is -2.36. The molecule has 0 saturated carbocycles. The normalized spacial score (nSPS) is 19.4. The van der Waals surface area contributed by atoms with Crippen LogP contribution in [0.2, 0.25) is 0 Å². The number of carbonyl (C=O) groups is 1. The Labute approximate surface area is 136 Å². The number of nitrogens with zero attached hydrogens (tertiary/aromatic N) is 1. The van der Waals surface area contributed by atoms with E-state index in [-0.39, 0.29) is 28.7 Å². The molecule has 1 saturated heterocycles. The molecule has 0 bridgehead atoms. The van der Waals surface area contributed by atoms with Gasteiger partial charge in [-0.25, -0.2) is 0 Å². The zero-order valence-electron chi connectivity index (χ0n) is 14.3. The molecule has 2 rings (SSSR count). The summed E-state index contributed by atoms with van der Waals surface area (Å²) < 4.78 is 10.4. The van der Waals surface area contributed by atoms with Gasteiger partial charge in [0.2, 0.25) is 17.1 Å². The smallest absolute Gasteiger partial charge is 0.237 e. The molecule has 1 aliphatic heterocycles. The molecule has 1 amide bonds. The summed E-state index contributed by atoms with van der Waals surface area (Å²) in [5, 5.41) is 3.04. The maximum absolute atomic E-state index is 12.5. The minimum atomic E-state index is -0.257. The standard InChI is InChI=1S/C17H26N2O4/c1-17(2,3)18-16(21)13-7-5-6-8-19(13)10-12-9-14(20)15(22-4)11-23-12/h9,11,13H,5-8,10H2,1-4H3,(H,18,21)/t13-/m0/s1. The molecule has 0 radical (unpaired) electrons. The maximum atomic E-state index is 12.5. The molecule has 6 nitrogen and oxygen atoms in total. The Hall–Kier alpha value is -1.82. The van der Waals surface area contributed by atoms with Crippen molar-refractivity contribution in [1.82, 2.24) is 10.2 Å². The van der Waals surface area contributed by atoms with E-state index >= 15 is 0 Å². The molecule has 23 heavy (non-hydrogen) atoms. The van der Waals surface area contributed by atoms with Crippen molar-refractivity contribution in [2.75, 3.05) is 13.7 Å². The Bertz CT molecular complexity index is 603. The first-order valence-corrected chi connectivity index (χ1v) is 8.02. The van der Waals surface area contributed by atoms with Crippen molar-refractivity contribution in [3.8, 4) is 5.75 Å². The van der Waals surface area contributed by atoms with Gasteiger partial charge in [-0.1, -0.05) is 6.42 Å². The molecular formula is C17H26N2O4. The Morgan fingerprint density at radius 2 is 2.17 bits per heavy atom. The third kappa shape index (κ3) is 4.82. The van der Waals surface area contributed by atoms with E-state index < -0.39 is 0 Å². The summed E-state index contributed by atoms with van der Waals surface area (Å²) in [4.78, 5) is 26.4. The number of carbonyl (C=O) groups excluding carboxylic acids is 1. The summed E-state index contributed by atoms with van der Waals surface area (Å²) in [6.07, 6.45) is 4.22. The van der Waals surface area contributed by atoms with Crippen molar-refractivity contribution in [1.29, 1.82) is 0 Å². The van der Waals surface area contributed by atoms with Gasteiger partial charge < -0.3 is 14.5 Å². The summed E-state index contributed by atoms with van der Waals surface area (Å²) in [6.45, 7) is 7.18. The zero-order chi connectivity index (χ0) is 17.0. The molecule has 128 valence electrons. The van der Waals surface area contributed by atoms with Gasteiger partial charge in [-0.15, -0.1) is 0 Å². The summed E-state index contributed by atoms with van der Waals surface area (Å²) in [6, 6.07) is 1.25. The summed E-state index contributed by atoms with van der Waals surface area (Å²) >= 11 is 0. The van der Waals surface area contributed by atoms with E-state index in [2.05, 4.69) is 10.2 Å². The minimum absolute atomic E-state index is 0.0352. The van der Waals surface area contributed by atoms with Crippen molar-refractivity contribution >= 4 is 5.91 Å². The van der Waals surface area contributed by atoms with Gasteiger partial charge in [0.05, 0.1) is 19.7 Å². The predicted octanol–water partition coefficient (Wildman–Crippen LogP) is 1.92. The molecule has 1 aromatic heterocycles. The van der Waals surface area contributed by atoms with Crippen molar-refractivity contribution < 1.29 is 13.9 Å². The molecule has 1 aromatic rings. The topological polar surface area (TPSA) is 71.8 Å². The lowest BCUT2D eigenvalue weighted by Crippen LogP contribution is -2.53. The number of hydrogen-bond donors (Lipinski definition) is 1. The van der Waals surface area contributed by atoms with Gasteiger partial charge in [0.15, 0.2) is 0 Å². The van der Waals surface area contributed by atoms with E-state index in [1.54, 1.807) is 0 Å². The van der Waals surface area contributed by atoms with Crippen molar-refractivity contribution in [2.24, 2.45) is 0 Å². The molecule has 1 fully saturated rings. The highest BCUT2D eigenvalue weighted by atomic mass is 16.5. The molecule has 0 unspecified atom stereocenters. The second kappa shape index (κ2) is 7.17. The average Bonchev–Trinajstić information content (AvgIpc) is 2.46. The van der Waals surface area contributed by atoms with E-state index in [1.165, 1.54) is 19.4 Å². The van der Waals surface area contributed by atoms with Crippen LogP contribution in [0.3, 0.4) is 0 Å². The highest BCUT2D eigenvalue weighted by Gasteiger charge is 2.31. The fraction of sp³-hybridized carbons (Fsp3) is 0.647. The highest BCUT2D eigenvalue weighted by molar-refractivity contribution is 5.82. The summed E-state index contributed by atoms with van der Waals surface area (Å²) in [5.74, 6) is 0.772. The molecule has 0 aromatic carbocycles. The first-order valence-electron chi connectivity index (χ1n) is 8.02. The lowest BCUT2D eigenvalue weighted by molar-refractivity contribution is -0.129. The number of ether oxygens (including phenoxy) is 1. The molecule has 0 spiro atoms. The first kappa shape index (κ1) is 17.5. The van der Waals surface area contributed by atoms with Crippen LogP contribution >= 0.6 is 0 Å². The Morgan fingerprint density at radius 3 is 2.78 bits per heavy atom. The van der Waals surface area contributed by atoms with Crippen LogP contribution in [0.1, 0.15) is 45.8 Å². The predicted molar refractivity (Wildman–Crippen MR) is 87.5 cm³/mol. The number of amides is 1. The van der Waals surface area contributed by atoms with Crippen LogP contribution in [0, 0.1) is 0 Å². The van der Waals surface area contributed by atoms with Gasteiger partial charge >= 0.3 is 0 Å². The molecular weight excluding hydrogens is 296 g/mol. The number of methoxy groups -OCH3 is 1. The van der Waals surface area contributed by atoms with Gasteiger partial charge in [0.1, 0.15) is 12.0 Å². The summed E-state index contributed by atoms with van der Waals surface area (Å²) in [5.41, 5.74) is -0.464. The van der Waals surface area contributed by atoms with Gasteiger partial charge in [0, 0.05) is 11.6 Å². The molecule has 6 heteroatoms. The lowest BCUT2D eigenvalue weighted by atomic mass is 9.99. The van der Waals surface area contributed by atoms with E-state index in [1.807, 2.05) is 20.8 Å². The second-order valence-corrected chi connectivity index (χ2v) is 7.00. The van der Waals surface area contributed by atoms with E-state index in [0.29, 0.717) is 12.3 Å². The Morgan fingerprint density at radius 1 is 1.43 bits per heavy atom. The monoisotopic (exact) mass is 322 g/mol. The van der Waals surface area contributed by atoms with E-state index in [4.69, 9.17) is 9.15 Å².